The molecule has 9 rings (SSSR count). The Morgan fingerprint density at radius 3 is 1.32 bits per heavy atom. The third kappa shape index (κ3) is 7.36. The summed E-state index contributed by atoms with van der Waals surface area (Å²) in [6, 6.07) is 32.4. The van der Waals surface area contributed by atoms with Gasteiger partial charge in [0.1, 0.15) is 10.8 Å². The average molecular weight is 937 g/mol. The highest BCUT2D eigenvalue weighted by molar-refractivity contribution is 5.91. The summed E-state index contributed by atoms with van der Waals surface area (Å²) in [5.74, 6) is -1.09. The zero-order valence-corrected chi connectivity index (χ0v) is 39.0. The van der Waals surface area contributed by atoms with Gasteiger partial charge in [-0.2, -0.15) is 26.3 Å². The molecule has 0 fully saturated rings. The van der Waals surface area contributed by atoms with Gasteiger partial charge < -0.3 is 9.47 Å². The standard InChI is InChI=1S/C59H50F6O4/c1-9-57(24-10-25-68-53(66)33(2)3)51-31-39(37-13-19-43-41-17-11-35(6)27-47(41)55(7,49(43)29-37)58(60,61)62)15-21-45(51)46-22-16-40(32-52(46)57)38-14-20-44-42-18-12-36(23-26-69-54(67)34(4)5)28-48(42)56(8,50(44)30-38)59(63,64)65/h9,11-22,27-32H,1-2,4,10,23-26H2,3,5-8H3. The van der Waals surface area contributed by atoms with E-state index in [0.717, 1.165) is 27.8 Å². The number of alkyl halides is 6. The minimum atomic E-state index is -4.67. The van der Waals surface area contributed by atoms with Crippen molar-refractivity contribution in [2.24, 2.45) is 0 Å². The Kier molecular flexibility index (Phi) is 11.4. The van der Waals surface area contributed by atoms with Crippen LogP contribution < -0.4 is 0 Å². The number of benzene rings is 6. The number of esters is 2. The summed E-state index contributed by atoms with van der Waals surface area (Å²) in [6.07, 6.45) is -6.38. The Hall–Kier alpha value is -6.94. The molecule has 6 aromatic carbocycles. The number of carbonyl (C=O) groups is 2. The van der Waals surface area contributed by atoms with Crippen molar-refractivity contribution in [1.82, 2.24) is 0 Å². The first-order chi connectivity index (χ1) is 32.5. The maximum absolute atomic E-state index is 15.5. The van der Waals surface area contributed by atoms with Crippen molar-refractivity contribution >= 4 is 11.9 Å². The van der Waals surface area contributed by atoms with Gasteiger partial charge >= 0.3 is 24.3 Å². The van der Waals surface area contributed by atoms with E-state index in [0.29, 0.717) is 62.9 Å². The first-order valence-electron chi connectivity index (χ1n) is 22.8. The Morgan fingerprint density at radius 1 is 0.536 bits per heavy atom. The second-order valence-electron chi connectivity index (χ2n) is 19.1. The van der Waals surface area contributed by atoms with Crippen LogP contribution in [0.5, 0.6) is 0 Å². The molecule has 3 atom stereocenters. The third-order valence-electron chi connectivity index (χ3n) is 14.7. The molecule has 10 heteroatoms. The van der Waals surface area contributed by atoms with Crippen molar-refractivity contribution in [2.45, 2.75) is 82.5 Å². The highest BCUT2D eigenvalue weighted by atomic mass is 19.4. The number of fused-ring (bicyclic) bond motifs is 9. The molecular weight excluding hydrogens is 887 g/mol. The van der Waals surface area contributed by atoms with Crippen molar-refractivity contribution < 1.29 is 45.4 Å². The fraction of sp³-hybridized carbons (Fsp3) is 0.254. The number of rotatable bonds is 12. The van der Waals surface area contributed by atoms with Gasteiger partial charge in [-0.15, -0.1) is 6.58 Å². The lowest BCUT2D eigenvalue weighted by molar-refractivity contribution is -0.172. The van der Waals surface area contributed by atoms with Gasteiger partial charge in [-0.05, 0) is 166 Å². The smallest absolute Gasteiger partial charge is 0.402 e. The Balaban J connectivity index is 1.12. The first-order valence-corrected chi connectivity index (χ1v) is 22.8. The van der Waals surface area contributed by atoms with Crippen molar-refractivity contribution in [3.05, 3.63) is 191 Å². The molecule has 0 saturated carbocycles. The molecule has 6 aromatic rings. The summed E-state index contributed by atoms with van der Waals surface area (Å²) >= 11 is 0. The molecule has 0 N–H and O–H groups in total. The molecular formula is C59H50F6O4. The zero-order valence-electron chi connectivity index (χ0n) is 39.0. The molecule has 0 aliphatic heterocycles. The second-order valence-corrected chi connectivity index (χ2v) is 19.1. The van der Waals surface area contributed by atoms with Crippen LogP contribution in [0, 0.1) is 6.92 Å². The van der Waals surface area contributed by atoms with E-state index < -0.39 is 40.5 Å². The molecule has 69 heavy (non-hydrogen) atoms. The topological polar surface area (TPSA) is 52.6 Å². The maximum atomic E-state index is 15.5. The van der Waals surface area contributed by atoms with Gasteiger partial charge in [-0.1, -0.05) is 110 Å². The van der Waals surface area contributed by atoms with Gasteiger partial charge in [-0.3, -0.25) is 0 Å². The van der Waals surface area contributed by atoms with Gasteiger partial charge in [0.05, 0.1) is 13.2 Å². The van der Waals surface area contributed by atoms with Crippen LogP contribution in [0.25, 0.3) is 55.6 Å². The van der Waals surface area contributed by atoms with Crippen LogP contribution >= 0.6 is 0 Å². The van der Waals surface area contributed by atoms with E-state index in [2.05, 4.69) is 19.7 Å². The summed E-state index contributed by atoms with van der Waals surface area (Å²) in [6.45, 7) is 19.0. The van der Waals surface area contributed by atoms with Gasteiger partial charge in [-0.25, -0.2) is 9.59 Å². The summed E-state index contributed by atoms with van der Waals surface area (Å²) in [5.41, 5.74) is 4.99. The third-order valence-corrected chi connectivity index (χ3v) is 14.7. The fourth-order valence-electron chi connectivity index (χ4n) is 10.8. The molecule has 0 spiro atoms. The molecule has 4 nitrogen and oxygen atoms in total. The lowest BCUT2D eigenvalue weighted by Gasteiger charge is -2.31. The number of carbonyl (C=O) groups excluding carboxylic acids is 2. The minimum absolute atomic E-state index is 0.00978. The Labute approximate surface area is 398 Å². The maximum Gasteiger partial charge on any atom is 0.402 e. The lowest BCUT2D eigenvalue weighted by atomic mass is 9.73. The monoisotopic (exact) mass is 936 g/mol. The highest BCUT2D eigenvalue weighted by Gasteiger charge is 2.59. The zero-order chi connectivity index (χ0) is 49.6. The predicted octanol–water partition coefficient (Wildman–Crippen LogP) is 15.0. The summed E-state index contributed by atoms with van der Waals surface area (Å²) in [5, 5.41) is 0. The summed E-state index contributed by atoms with van der Waals surface area (Å²) in [7, 11) is 0. The number of halogens is 6. The van der Waals surface area contributed by atoms with E-state index in [1.165, 1.54) is 20.8 Å². The number of aryl methyl sites for hydroxylation is 1. The van der Waals surface area contributed by atoms with Gasteiger partial charge in [0.2, 0.25) is 0 Å². The van der Waals surface area contributed by atoms with E-state index in [4.69, 9.17) is 9.47 Å². The van der Waals surface area contributed by atoms with Crippen molar-refractivity contribution in [3.63, 3.8) is 0 Å². The van der Waals surface area contributed by atoms with E-state index in [-0.39, 0.29) is 53.0 Å². The molecule has 0 aromatic heterocycles. The molecule has 3 unspecified atom stereocenters. The van der Waals surface area contributed by atoms with E-state index >= 15 is 26.3 Å². The largest absolute Gasteiger partial charge is 0.462 e. The Bertz CT molecular complexity index is 3190. The molecule has 3 aliphatic carbocycles. The normalized spacial score (nSPS) is 19.4. The highest BCUT2D eigenvalue weighted by Crippen LogP contribution is 2.60. The number of ether oxygens (including phenoxy) is 2. The number of allylic oxidation sites excluding steroid dienone is 1. The van der Waals surface area contributed by atoms with Crippen molar-refractivity contribution in [3.8, 4) is 55.6 Å². The quantitative estimate of drug-likeness (QED) is 0.0403. The predicted molar refractivity (Wildman–Crippen MR) is 259 cm³/mol. The molecule has 0 radical (unpaired) electrons. The fourth-order valence-corrected chi connectivity index (χ4v) is 10.8. The summed E-state index contributed by atoms with van der Waals surface area (Å²) < 4.78 is 103. The van der Waals surface area contributed by atoms with E-state index in [1.807, 2.05) is 60.7 Å². The van der Waals surface area contributed by atoms with Crippen LogP contribution in [0.3, 0.4) is 0 Å². The molecule has 0 saturated heterocycles. The molecule has 0 heterocycles. The lowest BCUT2D eigenvalue weighted by Crippen LogP contribution is -2.39. The SMILES string of the molecule is C=CC1(CCCOC(=O)C(=C)C)c2cc(-c3ccc4c(c3)C(C)(C(F)(F)F)c3cc(C)ccc3-4)ccc2-c2ccc(-c3ccc4c(c3)C(C)(C(F)(F)F)c3cc(CCOC(=O)C(=C)C)ccc3-4)cc21. The van der Waals surface area contributed by atoms with Crippen LogP contribution in [0.4, 0.5) is 26.3 Å². The summed E-state index contributed by atoms with van der Waals surface area (Å²) in [4.78, 5) is 24.4. The van der Waals surface area contributed by atoms with E-state index in [9.17, 15) is 9.59 Å². The van der Waals surface area contributed by atoms with Crippen LogP contribution in [0.1, 0.15) is 85.0 Å². The molecule has 0 amide bonds. The van der Waals surface area contributed by atoms with Crippen molar-refractivity contribution in [1.29, 1.82) is 0 Å². The first kappa shape index (κ1) is 47.1. The molecule has 352 valence electrons. The number of hydrogen-bond acceptors (Lipinski definition) is 4. The minimum Gasteiger partial charge on any atom is -0.462 e. The van der Waals surface area contributed by atoms with Crippen LogP contribution in [-0.2, 0) is 41.7 Å². The molecule has 3 aliphatic rings. The average Bonchev–Trinajstić information content (AvgIpc) is 3.85. The number of hydrogen-bond donors (Lipinski definition) is 0. The van der Waals surface area contributed by atoms with Crippen LogP contribution in [0.15, 0.2) is 146 Å². The molecule has 0 bridgehead atoms. The van der Waals surface area contributed by atoms with Crippen LogP contribution in [0.2, 0.25) is 0 Å². The van der Waals surface area contributed by atoms with Gasteiger partial charge in [0.15, 0.2) is 0 Å². The van der Waals surface area contributed by atoms with Crippen LogP contribution in [-0.4, -0.2) is 37.5 Å². The van der Waals surface area contributed by atoms with Gasteiger partial charge in [0, 0.05) is 23.0 Å². The van der Waals surface area contributed by atoms with Gasteiger partial charge in [0.25, 0.3) is 0 Å². The van der Waals surface area contributed by atoms with Crippen molar-refractivity contribution in [2.75, 3.05) is 13.2 Å². The van der Waals surface area contributed by atoms with E-state index in [1.54, 1.807) is 68.4 Å². The second kappa shape index (κ2) is 16.6. The Morgan fingerprint density at radius 2 is 0.899 bits per heavy atom.